The molecule has 0 atom stereocenters. The van der Waals surface area contributed by atoms with Crippen LogP contribution in [0, 0.1) is 12.8 Å². The lowest BCUT2D eigenvalue weighted by Gasteiger charge is -2.25. The van der Waals surface area contributed by atoms with Crippen molar-refractivity contribution in [1.82, 2.24) is 14.3 Å². The highest BCUT2D eigenvalue weighted by Gasteiger charge is 2.17. The standard InChI is InChI=1S/C22H29N3O4S/c1-14(2)10-24(11-16-7-18(27-4)21(29-6)19(8-16)28-5)12-17-9-20(26)25-15(3)13-30-22(25)23-17/h7-9,13-14H,10-12H2,1-6H3. The van der Waals surface area contributed by atoms with Gasteiger partial charge in [-0.15, -0.1) is 11.3 Å². The van der Waals surface area contributed by atoms with Crippen LogP contribution in [0.3, 0.4) is 0 Å². The van der Waals surface area contributed by atoms with Crippen molar-refractivity contribution in [3.8, 4) is 17.2 Å². The van der Waals surface area contributed by atoms with E-state index in [1.54, 1.807) is 31.8 Å². The summed E-state index contributed by atoms with van der Waals surface area (Å²) in [6, 6.07) is 5.56. The highest BCUT2D eigenvalue weighted by atomic mass is 32.1. The molecule has 0 aliphatic carbocycles. The molecule has 0 amide bonds. The summed E-state index contributed by atoms with van der Waals surface area (Å²) >= 11 is 1.49. The molecular formula is C22H29N3O4S. The first kappa shape index (κ1) is 22.1. The van der Waals surface area contributed by atoms with E-state index in [1.807, 2.05) is 24.4 Å². The third-order valence-corrected chi connectivity index (χ3v) is 5.71. The molecule has 1 aromatic carbocycles. The molecule has 7 nitrogen and oxygen atoms in total. The summed E-state index contributed by atoms with van der Waals surface area (Å²) in [5, 5.41) is 1.95. The molecule has 0 saturated carbocycles. The van der Waals surface area contributed by atoms with Crippen molar-refractivity contribution < 1.29 is 14.2 Å². The van der Waals surface area contributed by atoms with Crippen LogP contribution in [-0.2, 0) is 13.1 Å². The van der Waals surface area contributed by atoms with Gasteiger partial charge in [0.15, 0.2) is 16.5 Å². The van der Waals surface area contributed by atoms with Gasteiger partial charge in [0.05, 0.1) is 27.0 Å². The predicted molar refractivity (Wildman–Crippen MR) is 119 cm³/mol. The Morgan fingerprint density at radius 1 is 1.07 bits per heavy atom. The Balaban J connectivity index is 1.91. The van der Waals surface area contributed by atoms with Crippen LogP contribution in [0.15, 0.2) is 28.4 Å². The van der Waals surface area contributed by atoms with Gasteiger partial charge >= 0.3 is 0 Å². The number of thiazole rings is 1. The zero-order valence-electron chi connectivity index (χ0n) is 18.4. The van der Waals surface area contributed by atoms with Gasteiger partial charge in [-0.05, 0) is 30.5 Å². The van der Waals surface area contributed by atoms with Gasteiger partial charge in [-0.3, -0.25) is 14.1 Å². The van der Waals surface area contributed by atoms with E-state index in [0.29, 0.717) is 36.3 Å². The smallest absolute Gasteiger partial charge is 0.259 e. The van der Waals surface area contributed by atoms with Gasteiger partial charge < -0.3 is 14.2 Å². The summed E-state index contributed by atoms with van der Waals surface area (Å²) in [6.45, 7) is 8.38. The van der Waals surface area contributed by atoms with Gasteiger partial charge in [0.1, 0.15) is 0 Å². The quantitative estimate of drug-likeness (QED) is 0.514. The maximum atomic E-state index is 12.5. The zero-order valence-corrected chi connectivity index (χ0v) is 19.2. The molecule has 0 aliphatic rings. The molecule has 0 aliphatic heterocycles. The van der Waals surface area contributed by atoms with Gasteiger partial charge in [-0.1, -0.05) is 13.8 Å². The van der Waals surface area contributed by atoms with Gasteiger partial charge in [0, 0.05) is 36.8 Å². The monoisotopic (exact) mass is 431 g/mol. The van der Waals surface area contributed by atoms with E-state index in [0.717, 1.165) is 28.5 Å². The lowest BCUT2D eigenvalue weighted by molar-refractivity contribution is 0.224. The van der Waals surface area contributed by atoms with Gasteiger partial charge in [0.2, 0.25) is 5.75 Å². The van der Waals surface area contributed by atoms with Crippen LogP contribution in [0.25, 0.3) is 4.96 Å². The zero-order chi connectivity index (χ0) is 21.8. The minimum atomic E-state index is -0.0361. The maximum Gasteiger partial charge on any atom is 0.259 e. The number of aromatic nitrogens is 2. The SMILES string of the molecule is COc1cc(CN(Cc2cc(=O)n3c(C)csc3n2)CC(C)C)cc(OC)c1OC. The van der Waals surface area contributed by atoms with Crippen molar-refractivity contribution in [2.45, 2.75) is 33.9 Å². The first-order valence-corrected chi connectivity index (χ1v) is 10.7. The van der Waals surface area contributed by atoms with Crippen molar-refractivity contribution in [3.63, 3.8) is 0 Å². The normalized spacial score (nSPS) is 11.5. The lowest BCUT2D eigenvalue weighted by atomic mass is 10.1. The first-order valence-electron chi connectivity index (χ1n) is 9.84. The number of ether oxygens (including phenoxy) is 3. The number of hydrogen-bond acceptors (Lipinski definition) is 7. The Morgan fingerprint density at radius 3 is 2.30 bits per heavy atom. The first-order chi connectivity index (χ1) is 14.4. The number of rotatable bonds is 9. The molecule has 3 aromatic rings. The Hall–Kier alpha value is -2.58. The summed E-state index contributed by atoms with van der Waals surface area (Å²) in [6.07, 6.45) is 0. The van der Waals surface area contributed by atoms with Crippen LogP contribution >= 0.6 is 11.3 Å². The lowest BCUT2D eigenvalue weighted by Crippen LogP contribution is -2.28. The second kappa shape index (κ2) is 9.49. The summed E-state index contributed by atoms with van der Waals surface area (Å²) in [5.74, 6) is 2.29. The Morgan fingerprint density at radius 2 is 1.73 bits per heavy atom. The molecule has 2 heterocycles. The third-order valence-electron chi connectivity index (χ3n) is 4.77. The molecule has 0 N–H and O–H groups in total. The number of hydrogen-bond donors (Lipinski definition) is 0. The second-order valence-corrected chi connectivity index (χ2v) is 8.51. The topological polar surface area (TPSA) is 65.3 Å². The molecule has 0 saturated heterocycles. The summed E-state index contributed by atoms with van der Waals surface area (Å²) in [4.78, 5) is 20.3. The van der Waals surface area contributed by atoms with Crippen LogP contribution in [0.5, 0.6) is 17.2 Å². The fraction of sp³-hybridized carbons (Fsp3) is 0.455. The average molecular weight is 432 g/mol. The number of methoxy groups -OCH3 is 3. The fourth-order valence-electron chi connectivity index (χ4n) is 3.60. The van der Waals surface area contributed by atoms with E-state index in [4.69, 9.17) is 19.2 Å². The molecule has 0 spiro atoms. The fourth-order valence-corrected chi connectivity index (χ4v) is 4.49. The van der Waals surface area contributed by atoms with Crippen LogP contribution in [0.2, 0.25) is 0 Å². The minimum Gasteiger partial charge on any atom is -0.493 e. The van der Waals surface area contributed by atoms with E-state index in [2.05, 4.69) is 18.7 Å². The van der Waals surface area contributed by atoms with Gasteiger partial charge in [-0.25, -0.2) is 4.98 Å². The third kappa shape index (κ3) is 4.76. The van der Waals surface area contributed by atoms with E-state index < -0.39 is 0 Å². The molecule has 0 bridgehead atoms. The van der Waals surface area contributed by atoms with Crippen LogP contribution in [0.4, 0.5) is 0 Å². The van der Waals surface area contributed by atoms with Crippen molar-refractivity contribution in [2.24, 2.45) is 5.92 Å². The molecule has 30 heavy (non-hydrogen) atoms. The van der Waals surface area contributed by atoms with Crippen molar-refractivity contribution in [2.75, 3.05) is 27.9 Å². The Kier molecular flexibility index (Phi) is 6.99. The van der Waals surface area contributed by atoms with Gasteiger partial charge in [0.25, 0.3) is 5.56 Å². The summed E-state index contributed by atoms with van der Waals surface area (Å²) < 4.78 is 18.1. The number of aryl methyl sites for hydroxylation is 1. The summed E-state index contributed by atoms with van der Waals surface area (Å²) in [7, 11) is 4.82. The number of benzene rings is 1. The molecule has 2 aromatic heterocycles. The van der Waals surface area contributed by atoms with Crippen LogP contribution in [0.1, 0.15) is 30.8 Å². The highest BCUT2D eigenvalue weighted by molar-refractivity contribution is 7.15. The molecule has 3 rings (SSSR count). The van der Waals surface area contributed by atoms with E-state index in [9.17, 15) is 4.79 Å². The highest BCUT2D eigenvalue weighted by Crippen LogP contribution is 2.38. The Labute approximate surface area is 180 Å². The largest absolute Gasteiger partial charge is 0.493 e. The van der Waals surface area contributed by atoms with E-state index in [1.165, 1.54) is 11.3 Å². The number of fused-ring (bicyclic) bond motifs is 1. The van der Waals surface area contributed by atoms with Crippen molar-refractivity contribution in [3.05, 3.63) is 50.9 Å². The summed E-state index contributed by atoms with van der Waals surface area (Å²) in [5.41, 5.74) is 2.69. The maximum absolute atomic E-state index is 12.5. The van der Waals surface area contributed by atoms with Gasteiger partial charge in [-0.2, -0.15) is 0 Å². The van der Waals surface area contributed by atoms with E-state index >= 15 is 0 Å². The Bertz CT molecular complexity index is 1050. The molecular weight excluding hydrogens is 402 g/mol. The predicted octanol–water partition coefficient (Wildman–Crippen LogP) is 3.75. The van der Waals surface area contributed by atoms with Crippen LogP contribution in [-0.4, -0.2) is 42.2 Å². The molecule has 0 fully saturated rings. The van der Waals surface area contributed by atoms with Crippen molar-refractivity contribution in [1.29, 1.82) is 0 Å². The molecule has 0 unspecified atom stereocenters. The minimum absolute atomic E-state index is 0.0361. The molecule has 8 heteroatoms. The van der Waals surface area contributed by atoms with Crippen LogP contribution < -0.4 is 19.8 Å². The molecule has 162 valence electrons. The number of nitrogens with zero attached hydrogens (tertiary/aromatic N) is 3. The van der Waals surface area contributed by atoms with E-state index in [-0.39, 0.29) is 5.56 Å². The van der Waals surface area contributed by atoms with Crippen molar-refractivity contribution >= 4 is 16.3 Å². The molecule has 0 radical (unpaired) electrons. The average Bonchev–Trinajstić information content (AvgIpc) is 3.07. The second-order valence-electron chi connectivity index (χ2n) is 7.68.